The van der Waals surface area contributed by atoms with Gasteiger partial charge in [-0.15, -0.1) is 0 Å². The van der Waals surface area contributed by atoms with Crippen LogP contribution in [0.4, 0.5) is 0 Å². The van der Waals surface area contributed by atoms with E-state index in [-0.39, 0.29) is 32.0 Å². The van der Waals surface area contributed by atoms with Crippen molar-refractivity contribution in [2.24, 2.45) is 0 Å². The minimum Gasteiger partial charge on any atom is -0.462 e. The highest BCUT2D eigenvalue weighted by Crippen LogP contribution is 2.43. The van der Waals surface area contributed by atoms with Crippen LogP contribution in [0.1, 0.15) is 219 Å². The Morgan fingerprint density at radius 2 is 0.864 bits per heavy atom. The number of hydrogen-bond acceptors (Lipinski definition) is 7. The zero-order chi connectivity index (χ0) is 48.5. The number of hydrogen-bond donors (Lipinski definition) is 1. The van der Waals surface area contributed by atoms with Gasteiger partial charge in [-0.1, -0.05) is 196 Å². The third kappa shape index (κ3) is 50.9. The fourth-order valence-corrected chi connectivity index (χ4v) is 7.84. The Labute approximate surface area is 406 Å². The third-order valence-electron chi connectivity index (χ3n) is 11.2. The molecule has 2 atom stereocenters. The van der Waals surface area contributed by atoms with Crippen LogP contribution in [-0.2, 0) is 32.7 Å². The molecule has 2 unspecified atom stereocenters. The smallest absolute Gasteiger partial charge is 0.462 e. The van der Waals surface area contributed by atoms with Crippen LogP contribution in [-0.4, -0.2) is 74.9 Å². The van der Waals surface area contributed by atoms with E-state index in [2.05, 4.69) is 86.8 Å². The molecule has 0 radical (unpaired) electrons. The minimum absolute atomic E-state index is 0.0274. The molecule has 0 aromatic carbocycles. The maximum atomic E-state index is 12.8. The van der Waals surface area contributed by atoms with Crippen LogP contribution in [0.25, 0.3) is 0 Å². The first-order chi connectivity index (χ1) is 32.0. The van der Waals surface area contributed by atoms with Gasteiger partial charge in [-0.2, -0.15) is 0 Å². The van der Waals surface area contributed by atoms with Gasteiger partial charge in [0.25, 0.3) is 0 Å². The zero-order valence-corrected chi connectivity index (χ0v) is 44.1. The maximum absolute atomic E-state index is 12.8. The van der Waals surface area contributed by atoms with E-state index >= 15 is 0 Å². The monoisotopic (exact) mass is 947 g/mol. The summed E-state index contributed by atoms with van der Waals surface area (Å²) in [5.41, 5.74) is 0. The molecule has 1 N–H and O–H groups in total. The average Bonchev–Trinajstić information content (AvgIpc) is 3.27. The van der Waals surface area contributed by atoms with Crippen molar-refractivity contribution in [2.75, 3.05) is 47.5 Å². The summed E-state index contributed by atoms with van der Waals surface area (Å²) in [5.74, 6) is -0.809. The number of unbranched alkanes of at least 4 members (excludes halogenated alkanes) is 22. The van der Waals surface area contributed by atoms with Gasteiger partial charge in [0.2, 0.25) is 0 Å². The molecule has 0 aliphatic heterocycles. The van der Waals surface area contributed by atoms with Crippen LogP contribution in [0.2, 0.25) is 0 Å². The highest BCUT2D eigenvalue weighted by Gasteiger charge is 2.27. The SMILES string of the molecule is CC/C=C\C/C=C\C/C=C\C/C=C\CCCCCCCCCCCCCCC(=O)OC(COC(=O)CCCCCCCCC/C=C\C/C=C\CCCCC)COP(=O)(O)OCC[N+](C)(C)C. The average molecular weight is 947 g/mol. The van der Waals surface area contributed by atoms with Crippen LogP contribution in [0.5, 0.6) is 0 Å². The third-order valence-corrected chi connectivity index (χ3v) is 12.2. The predicted octanol–water partition coefficient (Wildman–Crippen LogP) is 16.1. The number of esters is 2. The highest BCUT2D eigenvalue weighted by atomic mass is 31.2. The molecule has 9 nitrogen and oxygen atoms in total. The molecule has 0 rings (SSSR count). The van der Waals surface area contributed by atoms with Crippen molar-refractivity contribution in [3.63, 3.8) is 0 Å². The first-order valence-corrected chi connectivity index (χ1v) is 28.2. The Morgan fingerprint density at radius 1 is 0.485 bits per heavy atom. The second kappa shape index (κ2) is 47.5. The molecule has 10 heteroatoms. The number of phosphoric ester groups is 1. The molecular weight excluding hydrogens is 846 g/mol. The molecule has 0 fully saturated rings. The van der Waals surface area contributed by atoms with E-state index in [1.54, 1.807) is 0 Å². The number of ether oxygens (including phenoxy) is 2. The van der Waals surface area contributed by atoms with Crippen molar-refractivity contribution in [2.45, 2.75) is 225 Å². The Balaban J connectivity index is 4.22. The lowest BCUT2D eigenvalue weighted by Gasteiger charge is -2.24. The van der Waals surface area contributed by atoms with Crippen molar-refractivity contribution in [1.29, 1.82) is 0 Å². The van der Waals surface area contributed by atoms with Crippen molar-refractivity contribution in [1.82, 2.24) is 0 Å². The van der Waals surface area contributed by atoms with Crippen LogP contribution in [0, 0.1) is 0 Å². The largest absolute Gasteiger partial charge is 0.472 e. The number of allylic oxidation sites excluding steroid dienone is 12. The summed E-state index contributed by atoms with van der Waals surface area (Å²) in [7, 11) is 1.47. The normalized spacial score (nSPS) is 14.0. The van der Waals surface area contributed by atoms with Gasteiger partial charge in [-0.05, 0) is 83.5 Å². The number of likely N-dealkylation sites (N-methyl/N-ethyl adjacent to an activating group) is 1. The Bertz CT molecular complexity index is 1350. The minimum atomic E-state index is -4.39. The van der Waals surface area contributed by atoms with E-state index in [0.29, 0.717) is 17.4 Å². The lowest BCUT2D eigenvalue weighted by molar-refractivity contribution is -0.870. The van der Waals surface area contributed by atoms with E-state index in [0.717, 1.165) is 83.5 Å². The van der Waals surface area contributed by atoms with Crippen molar-refractivity contribution < 1.29 is 42.1 Å². The zero-order valence-electron chi connectivity index (χ0n) is 43.2. The number of carbonyl (C=O) groups is 2. The molecule has 0 saturated carbocycles. The molecule has 0 saturated heterocycles. The predicted molar refractivity (Wildman–Crippen MR) is 279 cm³/mol. The van der Waals surface area contributed by atoms with Gasteiger partial charge in [0.15, 0.2) is 6.10 Å². The first-order valence-electron chi connectivity index (χ1n) is 26.7. The summed E-state index contributed by atoms with van der Waals surface area (Å²) >= 11 is 0. The van der Waals surface area contributed by atoms with Crippen molar-refractivity contribution in [3.05, 3.63) is 72.9 Å². The first kappa shape index (κ1) is 63.5. The summed E-state index contributed by atoms with van der Waals surface area (Å²) in [6.45, 7) is 4.29. The number of phosphoric acid groups is 1. The lowest BCUT2D eigenvalue weighted by atomic mass is 10.0. The molecule has 0 aromatic rings. The standard InChI is InChI=1S/C56H100NO8P/c1-6-8-10-12-14-16-18-20-22-24-25-26-27-28-29-30-31-33-35-37-39-41-43-45-47-49-56(59)65-54(53-64-66(60,61)63-51-50-57(3,4)5)52-62-55(58)48-46-44-42-40-38-36-34-32-23-21-19-17-15-13-11-9-7-2/h8,10,14-17,20-23,25-26,54H,6-7,9,11-13,18-19,24,27-53H2,1-5H3/p+1/b10-8-,16-14-,17-15-,22-20-,23-21-,26-25-. The van der Waals surface area contributed by atoms with Gasteiger partial charge in [-0.25, -0.2) is 4.57 Å². The molecule has 0 heterocycles. The number of rotatable bonds is 48. The fraction of sp³-hybridized carbons (Fsp3) is 0.750. The fourth-order valence-electron chi connectivity index (χ4n) is 7.09. The summed E-state index contributed by atoms with van der Waals surface area (Å²) in [5, 5.41) is 0. The molecule has 0 aliphatic carbocycles. The molecular formula is C56H101NO8P+. The summed E-state index contributed by atoms with van der Waals surface area (Å²) < 4.78 is 34.5. The number of nitrogens with zero attached hydrogens (tertiary/aromatic N) is 1. The highest BCUT2D eigenvalue weighted by molar-refractivity contribution is 7.47. The molecule has 0 spiro atoms. The van der Waals surface area contributed by atoms with Crippen molar-refractivity contribution >= 4 is 19.8 Å². The van der Waals surface area contributed by atoms with E-state index in [1.807, 2.05) is 21.1 Å². The van der Waals surface area contributed by atoms with Crippen LogP contribution >= 0.6 is 7.82 Å². The van der Waals surface area contributed by atoms with Gasteiger partial charge >= 0.3 is 19.8 Å². The number of carbonyl (C=O) groups excluding carboxylic acids is 2. The topological polar surface area (TPSA) is 108 Å². The Morgan fingerprint density at radius 3 is 1.29 bits per heavy atom. The van der Waals surface area contributed by atoms with Gasteiger partial charge in [0, 0.05) is 12.8 Å². The molecule has 0 amide bonds. The quantitative estimate of drug-likeness (QED) is 0.0211. The second-order valence-electron chi connectivity index (χ2n) is 18.9. The molecule has 0 aromatic heterocycles. The molecule has 0 aliphatic rings. The molecule has 66 heavy (non-hydrogen) atoms. The second-order valence-corrected chi connectivity index (χ2v) is 20.3. The van der Waals surface area contributed by atoms with Gasteiger partial charge in [0.05, 0.1) is 27.7 Å². The van der Waals surface area contributed by atoms with Crippen molar-refractivity contribution in [3.8, 4) is 0 Å². The van der Waals surface area contributed by atoms with E-state index in [4.69, 9.17) is 18.5 Å². The van der Waals surface area contributed by atoms with Gasteiger partial charge in [-0.3, -0.25) is 18.6 Å². The summed E-state index contributed by atoms with van der Waals surface area (Å²) in [6.07, 6.45) is 60.9. The van der Waals surface area contributed by atoms with Crippen LogP contribution in [0.3, 0.4) is 0 Å². The maximum Gasteiger partial charge on any atom is 0.472 e. The number of quaternary nitrogens is 1. The summed E-state index contributed by atoms with van der Waals surface area (Å²) in [4.78, 5) is 35.6. The van der Waals surface area contributed by atoms with E-state index in [1.165, 1.54) is 103 Å². The summed E-state index contributed by atoms with van der Waals surface area (Å²) in [6, 6.07) is 0. The van der Waals surface area contributed by atoms with Gasteiger partial charge in [0.1, 0.15) is 19.8 Å². The van der Waals surface area contributed by atoms with Gasteiger partial charge < -0.3 is 18.9 Å². The molecule has 382 valence electrons. The van der Waals surface area contributed by atoms with Crippen LogP contribution < -0.4 is 0 Å². The Hall–Kier alpha value is -2.55. The van der Waals surface area contributed by atoms with Crippen LogP contribution in [0.15, 0.2) is 72.9 Å². The van der Waals surface area contributed by atoms with E-state index in [9.17, 15) is 19.0 Å². The Kier molecular flexibility index (Phi) is 45.7. The molecule has 0 bridgehead atoms. The van der Waals surface area contributed by atoms with E-state index < -0.39 is 26.5 Å². The lowest BCUT2D eigenvalue weighted by Crippen LogP contribution is -2.37.